The number of benzene rings is 1. The number of methoxy groups -OCH3 is 1. The van der Waals surface area contributed by atoms with E-state index in [0.717, 1.165) is 9.80 Å². The molecule has 202 valence electrons. The molecule has 6 unspecified atom stereocenters. The number of phenols is 1. The third-order valence-electron chi connectivity index (χ3n) is 8.21. The van der Waals surface area contributed by atoms with Gasteiger partial charge in [0, 0.05) is 18.0 Å². The Balaban J connectivity index is 1.71. The molecule has 10 nitrogen and oxygen atoms in total. The molecule has 0 aromatic heterocycles. The number of hydrogen-bond donors (Lipinski definition) is 2. The highest BCUT2D eigenvalue weighted by molar-refractivity contribution is 9.09. The minimum atomic E-state index is -2.07. The van der Waals surface area contributed by atoms with Crippen molar-refractivity contribution in [3.8, 4) is 11.5 Å². The number of rotatable bonds is 6. The second-order valence-corrected chi connectivity index (χ2v) is 11.6. The predicted octanol–water partition coefficient (Wildman–Crippen LogP) is 2.59. The molecule has 1 aromatic rings. The lowest BCUT2D eigenvalue weighted by Gasteiger charge is -2.51. The summed E-state index contributed by atoms with van der Waals surface area (Å²) < 4.78 is 5.50. The van der Waals surface area contributed by atoms with Crippen molar-refractivity contribution in [3.63, 3.8) is 0 Å². The first kappa shape index (κ1) is 27.0. The fourth-order valence-corrected chi connectivity index (χ4v) is 7.97. The number of amides is 4. The third kappa shape index (κ3) is 3.40. The number of alkyl halides is 3. The summed E-state index contributed by atoms with van der Waals surface area (Å²) in [5, 5.41) is 20.1. The fourth-order valence-electron chi connectivity index (χ4n) is 6.56. The van der Waals surface area contributed by atoms with Crippen LogP contribution < -0.4 is 4.74 Å². The van der Waals surface area contributed by atoms with E-state index >= 15 is 0 Å². The Kier molecular flexibility index (Phi) is 6.55. The lowest BCUT2D eigenvalue weighted by Crippen LogP contribution is -2.60. The van der Waals surface area contributed by atoms with Crippen LogP contribution in [0.2, 0.25) is 0 Å². The first-order valence-electron chi connectivity index (χ1n) is 11.9. The van der Waals surface area contributed by atoms with Gasteiger partial charge in [0.1, 0.15) is 11.5 Å². The van der Waals surface area contributed by atoms with Gasteiger partial charge < -0.3 is 14.9 Å². The molecular weight excluding hydrogens is 607 g/mol. The summed E-state index contributed by atoms with van der Waals surface area (Å²) in [5.74, 6) is -7.43. The maximum atomic E-state index is 13.7. The smallest absolute Gasteiger partial charge is 0.305 e. The molecule has 2 N–H and O–H groups in total. The minimum absolute atomic E-state index is 0.129. The van der Waals surface area contributed by atoms with Crippen molar-refractivity contribution < 1.29 is 38.9 Å². The number of aromatic hydroxyl groups is 1. The minimum Gasteiger partial charge on any atom is -0.508 e. The first-order valence-corrected chi connectivity index (χ1v) is 13.7. The number of carboxylic acids is 1. The Labute approximate surface area is 235 Å². The Morgan fingerprint density at radius 1 is 1.13 bits per heavy atom. The topological polar surface area (TPSA) is 142 Å². The molecule has 2 aliphatic heterocycles. The molecule has 4 aliphatic rings. The number of ether oxygens (including phenoxy) is 1. The largest absolute Gasteiger partial charge is 0.508 e. The third-order valence-corrected chi connectivity index (χ3v) is 10.1. The molecule has 0 bridgehead atoms. The van der Waals surface area contributed by atoms with Crippen LogP contribution in [0.4, 0.5) is 0 Å². The van der Waals surface area contributed by atoms with Gasteiger partial charge in [0.05, 0.1) is 30.8 Å². The predicted molar refractivity (Wildman–Crippen MR) is 137 cm³/mol. The van der Waals surface area contributed by atoms with Gasteiger partial charge in [0.2, 0.25) is 11.8 Å². The van der Waals surface area contributed by atoms with Crippen molar-refractivity contribution in [3.05, 3.63) is 35.4 Å². The number of fused-ring (bicyclic) bond motifs is 4. The van der Waals surface area contributed by atoms with Gasteiger partial charge in [0.25, 0.3) is 11.8 Å². The number of nitrogens with zero attached hydrogens (tertiary/aromatic N) is 2. The van der Waals surface area contributed by atoms with Crippen molar-refractivity contribution in [2.45, 2.75) is 34.9 Å². The van der Waals surface area contributed by atoms with Crippen LogP contribution in [0, 0.1) is 17.8 Å². The Bertz CT molecular complexity index is 1320. The summed E-state index contributed by atoms with van der Waals surface area (Å²) >= 11 is 17.4. The number of likely N-dealkylation sites (tertiary alicyclic amines) is 2. The first-order chi connectivity index (χ1) is 17.9. The number of phenolic OH excluding ortho intramolecular Hbond substituents is 1. The molecule has 5 rings (SSSR count). The monoisotopic (exact) mass is 628 g/mol. The number of carbonyl (C=O) groups excluding carboxylic acids is 4. The SMILES string of the molecule is COc1cccc(O)c1C1C2=CCC3C(=O)N(CCC(=O)O)C(=O)C3C2CC2(Cl)C(=O)N(CBr)C(=O)C12Cl. The normalized spacial score (nSPS) is 34.2. The van der Waals surface area contributed by atoms with Crippen molar-refractivity contribution in [1.29, 1.82) is 0 Å². The summed E-state index contributed by atoms with van der Waals surface area (Å²) in [5.41, 5.74) is 0.464. The van der Waals surface area contributed by atoms with E-state index in [0.29, 0.717) is 5.57 Å². The van der Waals surface area contributed by atoms with E-state index in [9.17, 15) is 29.1 Å². The van der Waals surface area contributed by atoms with Gasteiger partial charge in [-0.25, -0.2) is 0 Å². The number of carbonyl (C=O) groups is 5. The zero-order valence-corrected chi connectivity index (χ0v) is 23.1. The molecule has 4 amide bonds. The Hall–Kier alpha value is -2.63. The van der Waals surface area contributed by atoms with Gasteiger partial charge in [-0.2, -0.15) is 0 Å². The van der Waals surface area contributed by atoms with Crippen molar-refractivity contribution in [1.82, 2.24) is 9.80 Å². The molecule has 0 radical (unpaired) electrons. The van der Waals surface area contributed by atoms with Crippen molar-refractivity contribution in [2.75, 3.05) is 19.1 Å². The quantitative estimate of drug-likeness (QED) is 0.212. The number of carboxylic acid groups (broad SMARTS) is 1. The number of imide groups is 2. The molecule has 1 aromatic carbocycles. The van der Waals surface area contributed by atoms with E-state index in [1.54, 1.807) is 18.2 Å². The van der Waals surface area contributed by atoms with Crippen LogP contribution in [0.3, 0.4) is 0 Å². The van der Waals surface area contributed by atoms with E-state index in [1.807, 2.05) is 0 Å². The fraction of sp³-hybridized carbons (Fsp3) is 0.480. The number of allylic oxidation sites excluding steroid dienone is 2. The van der Waals surface area contributed by atoms with E-state index in [-0.39, 0.29) is 41.9 Å². The molecule has 2 heterocycles. The number of halogens is 3. The molecule has 13 heteroatoms. The molecule has 0 spiro atoms. The maximum absolute atomic E-state index is 13.7. The van der Waals surface area contributed by atoms with Gasteiger partial charge in [0.15, 0.2) is 9.75 Å². The number of aliphatic carboxylic acids is 1. The zero-order chi connectivity index (χ0) is 27.7. The van der Waals surface area contributed by atoms with Gasteiger partial charge in [-0.3, -0.25) is 33.8 Å². The molecule has 38 heavy (non-hydrogen) atoms. The summed E-state index contributed by atoms with van der Waals surface area (Å²) in [7, 11) is 1.38. The molecule has 3 fully saturated rings. The van der Waals surface area contributed by atoms with Crippen LogP contribution in [0.5, 0.6) is 11.5 Å². The lowest BCUT2D eigenvalue weighted by atomic mass is 9.56. The van der Waals surface area contributed by atoms with Gasteiger partial charge in [-0.15, -0.1) is 23.2 Å². The standard InChI is InChI=1S/C25H23BrCl2N2O8/c1-38-15-4-2-3-14(31)18(15)19-11-5-6-12-17(21(35)29(20(12)34)8-7-16(32)33)13(11)9-24(27)22(36)30(10-26)23(37)25(19,24)28/h2-5,12-13,17,19,31H,6-10H2,1H3,(H,32,33). The lowest BCUT2D eigenvalue weighted by molar-refractivity contribution is -0.143. The summed E-state index contributed by atoms with van der Waals surface area (Å²) in [6.45, 7) is -0.279. The second-order valence-electron chi connectivity index (χ2n) is 9.85. The van der Waals surface area contributed by atoms with Gasteiger partial charge in [-0.1, -0.05) is 33.6 Å². The van der Waals surface area contributed by atoms with E-state index < -0.39 is 69.4 Å². The van der Waals surface area contributed by atoms with E-state index in [4.69, 9.17) is 33.0 Å². The average molecular weight is 630 g/mol. The Morgan fingerprint density at radius 2 is 1.84 bits per heavy atom. The summed E-state index contributed by atoms with van der Waals surface area (Å²) in [4.78, 5) is 62.9. The molecular formula is C25H23BrCl2N2O8. The van der Waals surface area contributed by atoms with E-state index in [1.165, 1.54) is 13.2 Å². The van der Waals surface area contributed by atoms with Crippen LogP contribution in [0.1, 0.15) is 30.7 Å². The van der Waals surface area contributed by atoms with Crippen LogP contribution in [-0.2, 0) is 24.0 Å². The summed E-state index contributed by atoms with van der Waals surface area (Å²) in [6, 6.07) is 4.51. The van der Waals surface area contributed by atoms with E-state index in [2.05, 4.69) is 15.9 Å². The molecule has 2 aliphatic carbocycles. The molecule has 2 saturated heterocycles. The maximum Gasteiger partial charge on any atom is 0.305 e. The second kappa shape index (κ2) is 9.24. The van der Waals surface area contributed by atoms with Crippen LogP contribution >= 0.6 is 39.1 Å². The number of hydrogen-bond acceptors (Lipinski definition) is 7. The van der Waals surface area contributed by atoms with Crippen LogP contribution in [0.25, 0.3) is 0 Å². The Morgan fingerprint density at radius 3 is 2.47 bits per heavy atom. The average Bonchev–Trinajstić information content (AvgIpc) is 3.20. The highest BCUT2D eigenvalue weighted by atomic mass is 79.9. The van der Waals surface area contributed by atoms with Crippen LogP contribution in [0.15, 0.2) is 29.8 Å². The highest BCUT2D eigenvalue weighted by Gasteiger charge is 2.76. The highest BCUT2D eigenvalue weighted by Crippen LogP contribution is 2.67. The molecule has 1 saturated carbocycles. The molecule has 6 atom stereocenters. The zero-order valence-electron chi connectivity index (χ0n) is 20.0. The van der Waals surface area contributed by atoms with Crippen molar-refractivity contribution >= 4 is 68.7 Å². The van der Waals surface area contributed by atoms with Crippen LogP contribution in [-0.4, -0.2) is 78.5 Å². The summed E-state index contributed by atoms with van der Waals surface area (Å²) in [6.07, 6.45) is 1.24. The van der Waals surface area contributed by atoms with Crippen molar-refractivity contribution in [2.24, 2.45) is 17.8 Å². The van der Waals surface area contributed by atoms with Gasteiger partial charge >= 0.3 is 5.97 Å². The van der Waals surface area contributed by atoms with Gasteiger partial charge in [-0.05, 0) is 30.9 Å².